The largest absolute Gasteiger partial charge is 0.352 e. The van der Waals surface area contributed by atoms with Gasteiger partial charge in [0.15, 0.2) is 0 Å². The standard InChI is InChI=1S/C2H8N2O.ClH/c3-1-5-2-4;/h1-4H2;1H. The van der Waals surface area contributed by atoms with Crippen molar-refractivity contribution >= 4 is 12.4 Å². The van der Waals surface area contributed by atoms with E-state index in [0.29, 0.717) is 0 Å². The monoisotopic (exact) mass is 112 g/mol. The maximum absolute atomic E-state index is 4.84. The van der Waals surface area contributed by atoms with E-state index in [9.17, 15) is 0 Å². The molecular weight excluding hydrogens is 103 g/mol. The fourth-order valence-electron chi connectivity index (χ4n) is 0.0680. The smallest absolute Gasteiger partial charge is 0.0958 e. The Morgan fingerprint density at radius 1 is 1.17 bits per heavy atom. The van der Waals surface area contributed by atoms with Gasteiger partial charge in [0.1, 0.15) is 0 Å². The van der Waals surface area contributed by atoms with Gasteiger partial charge in [0.25, 0.3) is 0 Å². The molecule has 0 bridgehead atoms. The van der Waals surface area contributed by atoms with Crippen LogP contribution in [0.3, 0.4) is 0 Å². The fraction of sp³-hybridized carbons (Fsp3) is 1.00. The second kappa shape index (κ2) is 8.95. The fourth-order valence-corrected chi connectivity index (χ4v) is 0.0680. The third-order valence-electron chi connectivity index (χ3n) is 0.236. The molecule has 0 heterocycles. The molecule has 0 rings (SSSR count). The molecule has 0 aromatic heterocycles. The first kappa shape index (κ1) is 9.48. The molecule has 0 aliphatic rings. The minimum Gasteiger partial charge on any atom is -0.352 e. The van der Waals surface area contributed by atoms with E-state index >= 15 is 0 Å². The molecule has 40 valence electrons. The molecule has 0 unspecified atom stereocenters. The first-order valence-electron chi connectivity index (χ1n) is 1.39. The van der Waals surface area contributed by atoms with E-state index in [1.807, 2.05) is 0 Å². The van der Waals surface area contributed by atoms with Crippen LogP contribution in [0.15, 0.2) is 0 Å². The average Bonchev–Trinajstić information content (AvgIpc) is 1.41. The summed E-state index contributed by atoms with van der Waals surface area (Å²) >= 11 is 0. The van der Waals surface area contributed by atoms with Crippen molar-refractivity contribution in [3.05, 3.63) is 0 Å². The molecule has 0 atom stereocenters. The van der Waals surface area contributed by atoms with Crippen molar-refractivity contribution in [2.75, 3.05) is 13.5 Å². The van der Waals surface area contributed by atoms with Crippen LogP contribution in [0.2, 0.25) is 0 Å². The average molecular weight is 113 g/mol. The maximum Gasteiger partial charge on any atom is 0.0958 e. The summed E-state index contributed by atoms with van der Waals surface area (Å²) in [5, 5.41) is 0. The highest BCUT2D eigenvalue weighted by atomic mass is 35.5. The molecule has 3 nitrogen and oxygen atoms in total. The molecular formula is C2H9ClN2O. The van der Waals surface area contributed by atoms with E-state index in [4.69, 9.17) is 11.5 Å². The lowest BCUT2D eigenvalue weighted by Gasteiger charge is -1.87. The molecule has 0 aliphatic heterocycles. The highest BCUT2D eigenvalue weighted by Gasteiger charge is 1.63. The predicted molar refractivity (Wildman–Crippen MR) is 26.4 cm³/mol. The van der Waals surface area contributed by atoms with Gasteiger partial charge in [-0.15, -0.1) is 12.4 Å². The first-order valence-corrected chi connectivity index (χ1v) is 1.39. The number of rotatable bonds is 2. The molecule has 6 heavy (non-hydrogen) atoms. The summed E-state index contributed by atoms with van der Waals surface area (Å²) in [6.07, 6.45) is 0. The molecule has 4 N–H and O–H groups in total. The van der Waals surface area contributed by atoms with Gasteiger partial charge in [-0.05, 0) is 0 Å². The van der Waals surface area contributed by atoms with E-state index in [2.05, 4.69) is 4.74 Å². The maximum atomic E-state index is 4.84. The summed E-state index contributed by atoms with van der Waals surface area (Å²) in [5.41, 5.74) is 9.67. The summed E-state index contributed by atoms with van der Waals surface area (Å²) in [6, 6.07) is 0. The Labute approximate surface area is 43.1 Å². The third kappa shape index (κ3) is 8.90. The summed E-state index contributed by atoms with van der Waals surface area (Å²) in [5.74, 6) is 0. The van der Waals surface area contributed by atoms with Crippen LogP contribution in [0.5, 0.6) is 0 Å². The lowest BCUT2D eigenvalue weighted by molar-refractivity contribution is 0.148. The van der Waals surface area contributed by atoms with E-state index in [1.54, 1.807) is 0 Å². The Hall–Kier alpha value is 0.170. The van der Waals surface area contributed by atoms with Crippen LogP contribution >= 0.6 is 12.4 Å². The zero-order chi connectivity index (χ0) is 4.12. The lowest BCUT2D eigenvalue weighted by Crippen LogP contribution is -2.10. The van der Waals surface area contributed by atoms with Gasteiger partial charge in [0.2, 0.25) is 0 Å². The molecule has 0 radical (unpaired) electrons. The van der Waals surface area contributed by atoms with Crippen molar-refractivity contribution in [2.45, 2.75) is 0 Å². The van der Waals surface area contributed by atoms with Gasteiger partial charge in [0, 0.05) is 0 Å². The molecule has 0 saturated carbocycles. The van der Waals surface area contributed by atoms with Crippen molar-refractivity contribution in [3.8, 4) is 0 Å². The van der Waals surface area contributed by atoms with Gasteiger partial charge in [-0.1, -0.05) is 0 Å². The van der Waals surface area contributed by atoms with E-state index in [0.717, 1.165) is 0 Å². The molecule has 0 spiro atoms. The SMILES string of the molecule is Cl.NCOCN. The number of hydrogen-bond acceptors (Lipinski definition) is 3. The summed E-state index contributed by atoms with van der Waals surface area (Å²) < 4.78 is 4.39. The lowest BCUT2D eigenvalue weighted by atomic mass is 11.2. The van der Waals surface area contributed by atoms with Crippen molar-refractivity contribution in [3.63, 3.8) is 0 Å². The first-order chi connectivity index (χ1) is 2.41. The number of halogens is 1. The quantitative estimate of drug-likeness (QED) is 0.463. The minimum atomic E-state index is 0. The summed E-state index contributed by atoms with van der Waals surface area (Å²) in [4.78, 5) is 0. The third-order valence-corrected chi connectivity index (χ3v) is 0.236. The van der Waals surface area contributed by atoms with Gasteiger partial charge in [-0.3, -0.25) is 0 Å². The highest BCUT2D eigenvalue weighted by molar-refractivity contribution is 5.85. The van der Waals surface area contributed by atoms with Gasteiger partial charge in [-0.2, -0.15) is 0 Å². The van der Waals surface area contributed by atoms with Crippen LogP contribution in [-0.2, 0) is 4.74 Å². The molecule has 0 aromatic carbocycles. The van der Waals surface area contributed by atoms with Gasteiger partial charge in [-0.25, -0.2) is 0 Å². The normalized spacial score (nSPS) is 7.00. The van der Waals surface area contributed by atoms with Gasteiger partial charge >= 0.3 is 0 Å². The van der Waals surface area contributed by atoms with Crippen LogP contribution < -0.4 is 11.5 Å². The van der Waals surface area contributed by atoms with E-state index in [1.165, 1.54) is 0 Å². The summed E-state index contributed by atoms with van der Waals surface area (Å²) in [6.45, 7) is 0.438. The summed E-state index contributed by atoms with van der Waals surface area (Å²) in [7, 11) is 0. The van der Waals surface area contributed by atoms with Gasteiger partial charge in [0.05, 0.1) is 13.5 Å². The van der Waals surface area contributed by atoms with Gasteiger partial charge < -0.3 is 16.2 Å². The van der Waals surface area contributed by atoms with Crippen LogP contribution in [0.25, 0.3) is 0 Å². The Bertz CT molecular complexity index is 19.0. The van der Waals surface area contributed by atoms with Crippen molar-refractivity contribution in [1.82, 2.24) is 0 Å². The van der Waals surface area contributed by atoms with E-state index < -0.39 is 0 Å². The Balaban J connectivity index is 0. The van der Waals surface area contributed by atoms with Crippen molar-refractivity contribution in [2.24, 2.45) is 11.5 Å². The second-order valence-corrected chi connectivity index (χ2v) is 0.537. The highest BCUT2D eigenvalue weighted by Crippen LogP contribution is 1.49. The molecule has 0 aromatic rings. The minimum absolute atomic E-state index is 0. The van der Waals surface area contributed by atoms with Crippen LogP contribution in [0, 0.1) is 0 Å². The topological polar surface area (TPSA) is 61.3 Å². The van der Waals surface area contributed by atoms with Crippen LogP contribution in [0.4, 0.5) is 0 Å². The second-order valence-electron chi connectivity index (χ2n) is 0.537. The number of nitrogens with two attached hydrogens (primary N) is 2. The molecule has 0 fully saturated rings. The number of ether oxygens (including phenoxy) is 1. The predicted octanol–water partition coefficient (Wildman–Crippen LogP) is -0.743. The van der Waals surface area contributed by atoms with Crippen molar-refractivity contribution in [1.29, 1.82) is 0 Å². The molecule has 4 heteroatoms. The Morgan fingerprint density at radius 3 is 1.50 bits per heavy atom. The Morgan fingerprint density at radius 2 is 1.50 bits per heavy atom. The van der Waals surface area contributed by atoms with Crippen molar-refractivity contribution < 1.29 is 4.74 Å². The van der Waals surface area contributed by atoms with Crippen LogP contribution in [0.1, 0.15) is 0 Å². The van der Waals surface area contributed by atoms with E-state index in [-0.39, 0.29) is 25.9 Å². The molecule has 0 amide bonds. The molecule has 0 saturated heterocycles. The Kier molecular flexibility index (Phi) is 14.1. The number of hydrogen-bond donors (Lipinski definition) is 2. The zero-order valence-corrected chi connectivity index (χ0v) is 4.20. The van der Waals surface area contributed by atoms with Crippen LogP contribution in [-0.4, -0.2) is 13.5 Å². The zero-order valence-electron chi connectivity index (χ0n) is 3.39. The molecule has 0 aliphatic carbocycles.